The molecular formula is C13H18FN3O3. The number of nitrogens with two attached hydrogens (primary N) is 1. The predicted octanol–water partition coefficient (Wildman–Crippen LogP) is 0.963. The van der Waals surface area contributed by atoms with E-state index < -0.39 is 5.82 Å². The molecular weight excluding hydrogens is 265 g/mol. The Hall–Kier alpha value is -2.15. The van der Waals surface area contributed by atoms with Gasteiger partial charge in [-0.2, -0.15) is 0 Å². The first-order valence-corrected chi connectivity index (χ1v) is 6.21. The van der Waals surface area contributed by atoms with Crippen molar-refractivity contribution in [3.8, 4) is 0 Å². The third kappa shape index (κ3) is 4.85. The van der Waals surface area contributed by atoms with Crippen molar-refractivity contribution in [2.75, 3.05) is 13.2 Å². The lowest BCUT2D eigenvalue weighted by atomic mass is 10.1. The van der Waals surface area contributed by atoms with Gasteiger partial charge in [0.05, 0.1) is 13.0 Å². The SMILES string of the molecule is CCOC(=O)CCNCc1ccc(C(N)=NO)cc1F. The van der Waals surface area contributed by atoms with Crippen LogP contribution in [0.1, 0.15) is 24.5 Å². The summed E-state index contributed by atoms with van der Waals surface area (Å²) in [7, 11) is 0. The van der Waals surface area contributed by atoms with Gasteiger partial charge >= 0.3 is 5.97 Å². The summed E-state index contributed by atoms with van der Waals surface area (Å²) in [4.78, 5) is 11.1. The van der Waals surface area contributed by atoms with Crippen LogP contribution in [-0.2, 0) is 16.1 Å². The number of carbonyl (C=O) groups excluding carboxylic acids is 1. The van der Waals surface area contributed by atoms with Crippen molar-refractivity contribution in [1.82, 2.24) is 5.32 Å². The minimum Gasteiger partial charge on any atom is -0.466 e. The van der Waals surface area contributed by atoms with Gasteiger partial charge in [-0.3, -0.25) is 4.79 Å². The number of nitrogens with zero attached hydrogens (tertiary/aromatic N) is 1. The summed E-state index contributed by atoms with van der Waals surface area (Å²) >= 11 is 0. The van der Waals surface area contributed by atoms with Crippen LogP contribution in [0.2, 0.25) is 0 Å². The van der Waals surface area contributed by atoms with Crippen molar-refractivity contribution in [3.05, 3.63) is 35.1 Å². The molecule has 0 radical (unpaired) electrons. The fourth-order valence-corrected chi connectivity index (χ4v) is 1.55. The lowest BCUT2D eigenvalue weighted by Gasteiger charge is -2.07. The van der Waals surface area contributed by atoms with Crippen LogP contribution in [0.5, 0.6) is 0 Å². The van der Waals surface area contributed by atoms with Crippen LogP contribution in [0.15, 0.2) is 23.4 Å². The second-order valence-electron chi connectivity index (χ2n) is 4.02. The molecule has 0 aliphatic rings. The summed E-state index contributed by atoms with van der Waals surface area (Å²) in [5.74, 6) is -0.897. The summed E-state index contributed by atoms with van der Waals surface area (Å²) in [5.41, 5.74) is 6.10. The van der Waals surface area contributed by atoms with Gasteiger partial charge in [0, 0.05) is 24.2 Å². The Balaban J connectivity index is 2.47. The number of halogens is 1. The Morgan fingerprint density at radius 1 is 1.55 bits per heavy atom. The molecule has 0 saturated heterocycles. The quantitative estimate of drug-likeness (QED) is 0.173. The van der Waals surface area contributed by atoms with Crippen molar-refractivity contribution in [2.24, 2.45) is 10.9 Å². The maximum atomic E-state index is 13.7. The highest BCUT2D eigenvalue weighted by molar-refractivity contribution is 5.97. The summed E-state index contributed by atoms with van der Waals surface area (Å²) in [6.45, 7) is 2.77. The number of hydrogen-bond acceptors (Lipinski definition) is 5. The van der Waals surface area contributed by atoms with Crippen LogP contribution in [0, 0.1) is 5.82 Å². The molecule has 20 heavy (non-hydrogen) atoms. The van der Waals surface area contributed by atoms with E-state index in [1.807, 2.05) is 0 Å². The molecule has 0 fully saturated rings. The second-order valence-corrected chi connectivity index (χ2v) is 4.02. The third-order valence-electron chi connectivity index (χ3n) is 2.58. The van der Waals surface area contributed by atoms with Gasteiger partial charge in [-0.1, -0.05) is 17.3 Å². The Morgan fingerprint density at radius 3 is 2.90 bits per heavy atom. The van der Waals surface area contributed by atoms with E-state index in [1.165, 1.54) is 6.07 Å². The molecule has 0 saturated carbocycles. The monoisotopic (exact) mass is 283 g/mol. The first kappa shape index (κ1) is 15.9. The zero-order chi connectivity index (χ0) is 15.0. The van der Waals surface area contributed by atoms with Crippen LogP contribution < -0.4 is 11.1 Å². The van der Waals surface area contributed by atoms with Crippen molar-refractivity contribution >= 4 is 11.8 Å². The van der Waals surface area contributed by atoms with Crippen LogP contribution in [0.4, 0.5) is 4.39 Å². The number of hydrogen-bond donors (Lipinski definition) is 3. The van der Waals surface area contributed by atoms with Crippen molar-refractivity contribution in [1.29, 1.82) is 0 Å². The Morgan fingerprint density at radius 2 is 2.30 bits per heavy atom. The maximum Gasteiger partial charge on any atom is 0.307 e. The van der Waals surface area contributed by atoms with E-state index in [0.29, 0.717) is 24.3 Å². The van der Waals surface area contributed by atoms with Gasteiger partial charge in [0.15, 0.2) is 5.84 Å². The molecule has 6 nitrogen and oxygen atoms in total. The number of carbonyl (C=O) groups is 1. The lowest BCUT2D eigenvalue weighted by molar-refractivity contribution is -0.142. The average molecular weight is 283 g/mol. The highest BCUT2D eigenvalue weighted by atomic mass is 19.1. The first-order chi connectivity index (χ1) is 9.58. The number of oxime groups is 1. The van der Waals surface area contributed by atoms with Crippen LogP contribution in [-0.4, -0.2) is 30.2 Å². The Kier molecular flexibility index (Phi) is 6.45. The summed E-state index contributed by atoms with van der Waals surface area (Å²) < 4.78 is 18.5. The van der Waals surface area contributed by atoms with Gasteiger partial charge < -0.3 is 21.0 Å². The topological polar surface area (TPSA) is 96.9 Å². The van der Waals surface area contributed by atoms with Crippen LogP contribution >= 0.6 is 0 Å². The van der Waals surface area contributed by atoms with Crippen molar-refractivity contribution in [2.45, 2.75) is 19.9 Å². The summed E-state index contributed by atoms with van der Waals surface area (Å²) in [5, 5.41) is 14.2. The zero-order valence-corrected chi connectivity index (χ0v) is 11.2. The molecule has 7 heteroatoms. The van der Waals surface area contributed by atoms with Gasteiger partial charge in [0.1, 0.15) is 5.82 Å². The van der Waals surface area contributed by atoms with Gasteiger partial charge in [-0.15, -0.1) is 0 Å². The first-order valence-electron chi connectivity index (χ1n) is 6.21. The third-order valence-corrected chi connectivity index (χ3v) is 2.58. The van der Waals surface area contributed by atoms with E-state index in [9.17, 15) is 9.18 Å². The van der Waals surface area contributed by atoms with Crippen LogP contribution in [0.3, 0.4) is 0 Å². The van der Waals surface area contributed by atoms with E-state index >= 15 is 0 Å². The molecule has 110 valence electrons. The standard InChI is InChI=1S/C13H18FN3O3/c1-2-20-12(18)5-6-16-8-10-4-3-9(7-11(10)14)13(15)17-19/h3-4,7,16,19H,2,5-6,8H2,1H3,(H2,15,17). The Labute approximate surface area is 116 Å². The molecule has 0 spiro atoms. The number of nitrogens with one attached hydrogen (secondary N) is 1. The molecule has 0 aliphatic heterocycles. The smallest absolute Gasteiger partial charge is 0.307 e. The van der Waals surface area contributed by atoms with Crippen molar-refractivity contribution in [3.63, 3.8) is 0 Å². The lowest BCUT2D eigenvalue weighted by Crippen LogP contribution is -2.20. The minimum absolute atomic E-state index is 0.147. The highest BCUT2D eigenvalue weighted by Crippen LogP contribution is 2.10. The molecule has 0 bridgehead atoms. The number of amidine groups is 1. The fourth-order valence-electron chi connectivity index (χ4n) is 1.55. The molecule has 1 aromatic carbocycles. The van der Waals surface area contributed by atoms with Gasteiger partial charge in [-0.25, -0.2) is 4.39 Å². The highest BCUT2D eigenvalue weighted by Gasteiger charge is 2.07. The molecule has 0 atom stereocenters. The number of benzene rings is 1. The summed E-state index contributed by atoms with van der Waals surface area (Å²) in [6, 6.07) is 4.29. The van der Waals surface area contributed by atoms with Crippen molar-refractivity contribution < 1.29 is 19.1 Å². The molecule has 1 rings (SSSR count). The molecule has 0 aromatic heterocycles. The molecule has 1 aromatic rings. The maximum absolute atomic E-state index is 13.7. The van der Waals surface area contributed by atoms with E-state index in [2.05, 4.69) is 10.5 Å². The number of rotatable bonds is 7. The van der Waals surface area contributed by atoms with E-state index in [1.54, 1.807) is 19.1 Å². The van der Waals surface area contributed by atoms with E-state index in [-0.39, 0.29) is 24.8 Å². The Bertz CT molecular complexity index is 492. The number of ether oxygens (including phenoxy) is 1. The minimum atomic E-state index is -0.460. The normalized spacial score (nSPS) is 11.4. The molecule has 4 N–H and O–H groups in total. The zero-order valence-electron chi connectivity index (χ0n) is 11.2. The second kappa shape index (κ2) is 8.11. The fraction of sp³-hybridized carbons (Fsp3) is 0.385. The molecule has 0 aliphatic carbocycles. The van der Waals surface area contributed by atoms with Gasteiger partial charge in [-0.05, 0) is 13.0 Å². The van der Waals surface area contributed by atoms with E-state index in [4.69, 9.17) is 15.7 Å². The van der Waals surface area contributed by atoms with E-state index in [0.717, 1.165) is 0 Å². The largest absolute Gasteiger partial charge is 0.466 e. The number of esters is 1. The molecule has 0 unspecified atom stereocenters. The van der Waals surface area contributed by atoms with Crippen LogP contribution in [0.25, 0.3) is 0 Å². The average Bonchev–Trinajstić information content (AvgIpc) is 2.44. The molecule has 0 heterocycles. The van der Waals surface area contributed by atoms with Gasteiger partial charge in [0.25, 0.3) is 0 Å². The van der Waals surface area contributed by atoms with Gasteiger partial charge in [0.2, 0.25) is 0 Å². The molecule has 0 amide bonds. The summed E-state index contributed by atoms with van der Waals surface area (Å²) in [6.07, 6.45) is 0.234. The predicted molar refractivity (Wildman–Crippen MR) is 71.9 cm³/mol.